The van der Waals surface area contributed by atoms with Crippen LogP contribution in [-0.2, 0) is 9.73 Å². The molecule has 0 radical (unpaired) electrons. The van der Waals surface area contributed by atoms with Gasteiger partial charge in [0.15, 0.2) is 5.82 Å². The van der Waals surface area contributed by atoms with Crippen LogP contribution in [0.3, 0.4) is 0 Å². The maximum atomic E-state index is 13.6. The van der Waals surface area contributed by atoms with Gasteiger partial charge in [-0.15, -0.1) is 0 Å². The number of hydrogen-bond acceptors (Lipinski definition) is 6. The first-order valence-electron chi connectivity index (χ1n) is 11.0. The molecule has 0 fully saturated rings. The summed E-state index contributed by atoms with van der Waals surface area (Å²) in [6.07, 6.45) is 12.4. The Hall–Kier alpha value is -3.32. The van der Waals surface area contributed by atoms with Gasteiger partial charge >= 0.3 is 0 Å². The average molecular weight is 462 g/mol. The molecule has 33 heavy (non-hydrogen) atoms. The SMILES string of the molecule is Cc1cc(-c2c(C(C)C)nc(N=S(C)(=O)C3=CCCC=C3)c3cc(N)c(C=N)cc23)ccn1.[HH]. The summed E-state index contributed by atoms with van der Waals surface area (Å²) in [5.74, 6) is 0.508. The highest BCUT2D eigenvalue weighted by atomic mass is 32.2. The fourth-order valence-corrected chi connectivity index (χ4v) is 5.45. The Kier molecular flexibility index (Phi) is 6.17. The Balaban J connectivity index is 0.00000324. The largest absolute Gasteiger partial charge is 0.398 e. The van der Waals surface area contributed by atoms with E-state index >= 15 is 0 Å². The normalized spacial score (nSPS) is 15.4. The Morgan fingerprint density at radius 1 is 1.24 bits per heavy atom. The van der Waals surface area contributed by atoms with Gasteiger partial charge in [-0.25, -0.2) is 9.19 Å². The van der Waals surface area contributed by atoms with Crippen LogP contribution in [-0.4, -0.2) is 26.6 Å². The number of nitrogens with one attached hydrogen (secondary N) is 1. The lowest BCUT2D eigenvalue weighted by Crippen LogP contribution is -2.04. The van der Waals surface area contributed by atoms with E-state index in [1.807, 2.05) is 43.4 Å². The Morgan fingerprint density at radius 2 is 2.03 bits per heavy atom. The number of pyridine rings is 2. The summed E-state index contributed by atoms with van der Waals surface area (Å²) in [7, 11) is -2.69. The zero-order valence-corrected chi connectivity index (χ0v) is 20.2. The monoisotopic (exact) mass is 461 g/mol. The van der Waals surface area contributed by atoms with E-state index in [0.29, 0.717) is 17.1 Å². The third-order valence-corrected chi connectivity index (χ3v) is 7.46. The lowest BCUT2D eigenvalue weighted by molar-refractivity contribution is 0.684. The topological polar surface area (TPSA) is 105 Å². The zero-order chi connectivity index (χ0) is 23.8. The van der Waals surface area contributed by atoms with Gasteiger partial charge in [-0.2, -0.15) is 4.36 Å². The molecule has 2 aromatic heterocycles. The highest BCUT2D eigenvalue weighted by Crippen LogP contribution is 2.41. The predicted molar refractivity (Wildman–Crippen MR) is 141 cm³/mol. The molecule has 1 aliphatic carbocycles. The molecular weight excluding hydrogens is 430 g/mol. The Labute approximate surface area is 196 Å². The van der Waals surface area contributed by atoms with Gasteiger partial charge in [0.1, 0.15) is 0 Å². The van der Waals surface area contributed by atoms with Crippen molar-refractivity contribution in [3.8, 4) is 11.1 Å². The number of rotatable bonds is 5. The summed E-state index contributed by atoms with van der Waals surface area (Å²) in [6.45, 7) is 6.12. The van der Waals surface area contributed by atoms with E-state index in [9.17, 15) is 4.21 Å². The van der Waals surface area contributed by atoms with E-state index in [1.165, 1.54) is 6.21 Å². The van der Waals surface area contributed by atoms with Crippen LogP contribution in [0.25, 0.3) is 21.9 Å². The van der Waals surface area contributed by atoms with Crippen molar-refractivity contribution < 1.29 is 5.64 Å². The van der Waals surface area contributed by atoms with Crippen molar-refractivity contribution >= 4 is 38.2 Å². The lowest BCUT2D eigenvalue weighted by Gasteiger charge is -2.19. The van der Waals surface area contributed by atoms with E-state index in [-0.39, 0.29) is 7.34 Å². The minimum atomic E-state index is -2.69. The minimum Gasteiger partial charge on any atom is -0.398 e. The summed E-state index contributed by atoms with van der Waals surface area (Å²) in [5.41, 5.74) is 11.1. The van der Waals surface area contributed by atoms with Gasteiger partial charge in [0, 0.05) is 52.9 Å². The molecule has 4 rings (SSSR count). The molecule has 6 nitrogen and oxygen atoms in total. The first-order valence-corrected chi connectivity index (χ1v) is 12.9. The molecule has 0 aliphatic heterocycles. The van der Waals surface area contributed by atoms with Crippen LogP contribution in [0.2, 0.25) is 0 Å². The smallest absolute Gasteiger partial charge is 0.170 e. The molecule has 1 unspecified atom stereocenters. The molecule has 1 aliphatic rings. The van der Waals surface area contributed by atoms with Gasteiger partial charge in [-0.3, -0.25) is 4.98 Å². The van der Waals surface area contributed by atoms with Crippen molar-refractivity contribution in [2.24, 2.45) is 4.36 Å². The molecule has 0 spiro atoms. The van der Waals surface area contributed by atoms with E-state index in [2.05, 4.69) is 18.8 Å². The average Bonchev–Trinajstić information content (AvgIpc) is 2.79. The van der Waals surface area contributed by atoms with Crippen LogP contribution in [0, 0.1) is 12.3 Å². The van der Waals surface area contributed by atoms with E-state index in [0.717, 1.165) is 51.0 Å². The molecule has 0 bridgehead atoms. The third kappa shape index (κ3) is 4.46. The van der Waals surface area contributed by atoms with Gasteiger partial charge in [-0.05, 0) is 67.0 Å². The molecule has 0 saturated heterocycles. The van der Waals surface area contributed by atoms with Crippen LogP contribution >= 0.6 is 0 Å². The highest BCUT2D eigenvalue weighted by Gasteiger charge is 2.21. The number of aromatic nitrogens is 2. The van der Waals surface area contributed by atoms with Crippen LogP contribution < -0.4 is 5.73 Å². The van der Waals surface area contributed by atoms with Crippen molar-refractivity contribution in [1.82, 2.24) is 9.97 Å². The number of fused-ring (bicyclic) bond motifs is 1. The molecule has 0 amide bonds. The molecule has 1 atom stereocenters. The number of hydrogen-bond donors (Lipinski definition) is 2. The molecule has 3 aromatic rings. The summed E-state index contributed by atoms with van der Waals surface area (Å²) < 4.78 is 18.3. The van der Waals surface area contributed by atoms with Gasteiger partial charge in [0.25, 0.3) is 0 Å². The predicted octanol–water partition coefficient (Wildman–Crippen LogP) is 6.52. The maximum absolute atomic E-state index is 13.6. The first kappa shape index (κ1) is 22.9. The van der Waals surface area contributed by atoms with E-state index in [4.69, 9.17) is 20.5 Å². The number of aryl methyl sites for hydroxylation is 1. The van der Waals surface area contributed by atoms with Gasteiger partial charge in [0.05, 0.1) is 15.4 Å². The first-order chi connectivity index (χ1) is 15.7. The number of nitrogens with zero attached hydrogens (tertiary/aromatic N) is 3. The number of benzene rings is 1. The van der Waals surface area contributed by atoms with Crippen molar-refractivity contribution in [2.75, 3.05) is 12.0 Å². The number of nitrogens with two attached hydrogens (primary N) is 1. The number of allylic oxidation sites excluding steroid dienone is 3. The van der Waals surface area contributed by atoms with Gasteiger partial charge < -0.3 is 11.1 Å². The van der Waals surface area contributed by atoms with Gasteiger partial charge in [0.2, 0.25) is 0 Å². The molecule has 2 heterocycles. The molecule has 7 heteroatoms. The second kappa shape index (κ2) is 8.90. The maximum Gasteiger partial charge on any atom is 0.170 e. The number of anilines is 1. The van der Waals surface area contributed by atoms with Crippen LogP contribution in [0.15, 0.2) is 58.0 Å². The van der Waals surface area contributed by atoms with E-state index in [1.54, 1.807) is 18.5 Å². The molecule has 1 aromatic carbocycles. The van der Waals surface area contributed by atoms with E-state index < -0.39 is 9.73 Å². The lowest BCUT2D eigenvalue weighted by atomic mass is 9.91. The zero-order valence-electron chi connectivity index (χ0n) is 19.4. The molecule has 172 valence electrons. The fraction of sp³-hybridized carbons (Fsp3) is 0.269. The Morgan fingerprint density at radius 3 is 2.67 bits per heavy atom. The van der Waals surface area contributed by atoms with Gasteiger partial charge in [-0.1, -0.05) is 26.0 Å². The van der Waals surface area contributed by atoms with Crippen LogP contribution in [0.5, 0.6) is 0 Å². The summed E-state index contributed by atoms with van der Waals surface area (Å²) in [5, 5.41) is 9.43. The molecular formula is C26H31N5OS. The number of nitrogen functional groups attached to an aromatic ring is 1. The van der Waals surface area contributed by atoms with Crippen molar-refractivity contribution in [2.45, 2.75) is 39.5 Å². The quantitative estimate of drug-likeness (QED) is 0.333. The Bertz CT molecular complexity index is 1450. The van der Waals surface area contributed by atoms with Crippen LogP contribution in [0.4, 0.5) is 11.5 Å². The summed E-state index contributed by atoms with van der Waals surface area (Å²) in [6, 6.07) is 7.70. The molecule has 0 saturated carbocycles. The minimum absolute atomic E-state index is 0. The highest BCUT2D eigenvalue weighted by molar-refractivity contribution is 7.97. The third-order valence-electron chi connectivity index (χ3n) is 5.76. The fourth-order valence-electron chi connectivity index (χ4n) is 4.10. The van der Waals surface area contributed by atoms with Crippen LogP contribution in [0.1, 0.15) is 51.0 Å². The summed E-state index contributed by atoms with van der Waals surface area (Å²) in [4.78, 5) is 10.0. The van der Waals surface area contributed by atoms with Crippen molar-refractivity contribution in [1.29, 1.82) is 5.41 Å². The summed E-state index contributed by atoms with van der Waals surface area (Å²) >= 11 is 0. The second-order valence-corrected chi connectivity index (χ2v) is 10.9. The molecule has 3 N–H and O–H groups in total. The van der Waals surface area contributed by atoms with Crippen molar-refractivity contribution in [3.05, 3.63) is 70.5 Å². The second-order valence-electron chi connectivity index (χ2n) is 8.69. The standard InChI is InChI=1S/C26H29N5OS.H2/c1-16(2)25-24(18-10-11-29-17(3)12-18)21-13-19(15-27)23(28)14-22(21)26(30-25)31-33(4,32)20-8-6-5-7-9-20;/h6,8-16,27H,5,7,28H2,1-4H3;1H. The van der Waals surface area contributed by atoms with Crippen molar-refractivity contribution in [3.63, 3.8) is 0 Å².